The summed E-state index contributed by atoms with van der Waals surface area (Å²) in [6.45, 7) is 2.02. The van der Waals surface area contributed by atoms with Crippen molar-refractivity contribution in [2.45, 2.75) is 26.2 Å². The van der Waals surface area contributed by atoms with Crippen LogP contribution in [-0.2, 0) is 4.79 Å². The normalized spacial score (nSPS) is 10.1. The van der Waals surface area contributed by atoms with E-state index < -0.39 is 0 Å². The number of hydrogen-bond donors (Lipinski definition) is 3. The zero-order chi connectivity index (χ0) is 12.1. The summed E-state index contributed by atoms with van der Waals surface area (Å²) in [5.41, 5.74) is 5.21. The first-order valence-electron chi connectivity index (χ1n) is 5.02. The van der Waals surface area contributed by atoms with E-state index in [0.29, 0.717) is 12.2 Å². The molecule has 16 heavy (non-hydrogen) atoms. The minimum absolute atomic E-state index is 0.0970. The van der Waals surface area contributed by atoms with E-state index in [1.165, 1.54) is 6.07 Å². The van der Waals surface area contributed by atoms with Gasteiger partial charge in [-0.05, 0) is 35.1 Å². The third kappa shape index (κ3) is 3.51. The Morgan fingerprint density at radius 1 is 1.62 bits per heavy atom. The van der Waals surface area contributed by atoms with Gasteiger partial charge in [0.1, 0.15) is 5.82 Å². The molecule has 0 spiro atoms. The molecule has 1 amide bonds. The fourth-order valence-corrected chi connectivity index (χ4v) is 1.76. The molecule has 0 aliphatic carbocycles. The molecule has 0 aromatic carbocycles. The minimum atomic E-state index is -0.383. The summed E-state index contributed by atoms with van der Waals surface area (Å²) < 4.78 is 0.722. The van der Waals surface area contributed by atoms with Crippen molar-refractivity contribution in [2.75, 3.05) is 11.1 Å². The molecule has 1 rings (SSSR count). The summed E-state index contributed by atoms with van der Waals surface area (Å²) in [6, 6.07) is 1.54. The summed E-state index contributed by atoms with van der Waals surface area (Å²) in [6.07, 6.45) is 2.25. The van der Waals surface area contributed by atoms with Crippen molar-refractivity contribution in [3.05, 3.63) is 20.0 Å². The third-order valence-corrected chi connectivity index (χ3v) is 2.89. The molecule has 0 saturated heterocycles. The quantitative estimate of drug-likeness (QED) is 0.732. The van der Waals surface area contributed by atoms with Crippen molar-refractivity contribution >= 4 is 40.0 Å². The van der Waals surface area contributed by atoms with Crippen LogP contribution in [0.4, 0.5) is 11.5 Å². The van der Waals surface area contributed by atoms with E-state index in [2.05, 4.69) is 10.3 Å². The second-order valence-corrected chi connectivity index (χ2v) is 4.59. The van der Waals surface area contributed by atoms with Crippen molar-refractivity contribution in [3.8, 4) is 0 Å². The lowest BCUT2D eigenvalue weighted by Crippen LogP contribution is -2.19. The Balaban J connectivity index is 2.78. The van der Waals surface area contributed by atoms with E-state index >= 15 is 0 Å². The number of anilines is 2. The van der Waals surface area contributed by atoms with Gasteiger partial charge < -0.3 is 16.0 Å². The molecule has 0 radical (unpaired) electrons. The molecule has 4 N–H and O–H groups in total. The number of pyridine rings is 1. The van der Waals surface area contributed by atoms with Gasteiger partial charge in [0, 0.05) is 6.42 Å². The van der Waals surface area contributed by atoms with Crippen LogP contribution in [0.3, 0.4) is 0 Å². The Kier molecular flexibility index (Phi) is 4.78. The second kappa shape index (κ2) is 5.88. The van der Waals surface area contributed by atoms with Crippen LogP contribution in [0.15, 0.2) is 10.9 Å². The minimum Gasteiger partial charge on any atom is -0.394 e. The van der Waals surface area contributed by atoms with Gasteiger partial charge in [0.05, 0.1) is 9.26 Å². The van der Waals surface area contributed by atoms with Gasteiger partial charge in [0.2, 0.25) is 5.91 Å². The topological polar surface area (TPSA) is 88.0 Å². The first-order chi connectivity index (χ1) is 7.54. The number of nitrogens with two attached hydrogens (primary N) is 1. The average molecular weight is 335 g/mol. The van der Waals surface area contributed by atoms with Crippen LogP contribution in [0, 0.1) is 3.57 Å². The highest BCUT2D eigenvalue weighted by Crippen LogP contribution is 2.15. The van der Waals surface area contributed by atoms with Crippen molar-refractivity contribution < 1.29 is 4.79 Å². The van der Waals surface area contributed by atoms with E-state index in [1.807, 2.05) is 29.5 Å². The molecule has 6 heteroatoms. The maximum absolute atomic E-state index is 11.5. The van der Waals surface area contributed by atoms with Gasteiger partial charge in [-0.25, -0.2) is 0 Å². The van der Waals surface area contributed by atoms with Gasteiger partial charge in [0.15, 0.2) is 0 Å². The standard InChI is InChI=1S/C10H14IN3O2/c1-2-3-4-8(15)13-9-6(11)5-7(12)10(16)14-9/h5H,2-4,12H2,1H3,(H2,13,14,15,16). The monoisotopic (exact) mass is 335 g/mol. The summed E-state index contributed by atoms with van der Waals surface area (Å²) in [5.74, 6) is 0.320. The van der Waals surface area contributed by atoms with E-state index in [1.54, 1.807) is 0 Å². The van der Waals surface area contributed by atoms with Crippen LogP contribution in [0.1, 0.15) is 26.2 Å². The molecule has 0 saturated carbocycles. The van der Waals surface area contributed by atoms with Crippen molar-refractivity contribution in [2.24, 2.45) is 0 Å². The number of nitrogen functional groups attached to an aromatic ring is 1. The van der Waals surface area contributed by atoms with Crippen LogP contribution in [0.5, 0.6) is 0 Å². The lowest BCUT2D eigenvalue weighted by molar-refractivity contribution is -0.116. The predicted octanol–water partition coefficient (Wildman–Crippen LogP) is 1.69. The van der Waals surface area contributed by atoms with Crippen LogP contribution < -0.4 is 16.6 Å². The van der Waals surface area contributed by atoms with E-state index in [4.69, 9.17) is 5.73 Å². The molecule has 5 nitrogen and oxygen atoms in total. The highest BCUT2D eigenvalue weighted by atomic mass is 127. The van der Waals surface area contributed by atoms with Crippen LogP contribution in [-0.4, -0.2) is 10.9 Å². The highest BCUT2D eigenvalue weighted by Gasteiger charge is 2.07. The smallest absolute Gasteiger partial charge is 0.272 e. The fourth-order valence-electron chi connectivity index (χ4n) is 1.15. The molecule has 0 aliphatic rings. The van der Waals surface area contributed by atoms with Crippen LogP contribution in [0.2, 0.25) is 0 Å². The van der Waals surface area contributed by atoms with E-state index in [-0.39, 0.29) is 17.2 Å². The lowest BCUT2D eigenvalue weighted by Gasteiger charge is -2.07. The largest absolute Gasteiger partial charge is 0.394 e. The molecule has 0 unspecified atom stereocenters. The summed E-state index contributed by atoms with van der Waals surface area (Å²) >= 11 is 2.01. The Bertz CT molecular complexity index is 442. The molecular formula is C10H14IN3O2. The van der Waals surface area contributed by atoms with Crippen LogP contribution >= 0.6 is 22.6 Å². The Labute approximate surface area is 107 Å². The van der Waals surface area contributed by atoms with Crippen molar-refractivity contribution in [1.29, 1.82) is 0 Å². The molecule has 1 heterocycles. The first kappa shape index (κ1) is 13.0. The van der Waals surface area contributed by atoms with E-state index in [9.17, 15) is 9.59 Å². The molecule has 0 bridgehead atoms. The number of halogens is 1. The Hall–Kier alpha value is -1.05. The number of rotatable bonds is 4. The zero-order valence-electron chi connectivity index (χ0n) is 8.97. The summed E-state index contributed by atoms with van der Waals surface area (Å²) in [4.78, 5) is 25.2. The Morgan fingerprint density at radius 3 is 2.94 bits per heavy atom. The number of aromatic amines is 1. The molecule has 0 atom stereocenters. The summed E-state index contributed by atoms with van der Waals surface area (Å²) in [7, 11) is 0. The van der Waals surface area contributed by atoms with Gasteiger partial charge in [0.25, 0.3) is 5.56 Å². The second-order valence-electron chi connectivity index (χ2n) is 3.43. The van der Waals surface area contributed by atoms with Crippen molar-refractivity contribution in [3.63, 3.8) is 0 Å². The van der Waals surface area contributed by atoms with Gasteiger partial charge in [-0.1, -0.05) is 13.3 Å². The SMILES string of the molecule is CCCCC(=O)Nc1[nH]c(=O)c(N)cc1I. The van der Waals surface area contributed by atoms with Gasteiger partial charge in [-0.15, -0.1) is 0 Å². The van der Waals surface area contributed by atoms with Gasteiger partial charge >= 0.3 is 0 Å². The number of unbranched alkanes of at least 4 members (excludes halogenated alkanes) is 1. The predicted molar refractivity (Wildman–Crippen MR) is 72.3 cm³/mol. The maximum Gasteiger partial charge on any atom is 0.272 e. The number of carbonyl (C=O) groups is 1. The lowest BCUT2D eigenvalue weighted by atomic mass is 10.2. The molecule has 0 aliphatic heterocycles. The van der Waals surface area contributed by atoms with Gasteiger partial charge in [-0.3, -0.25) is 9.59 Å². The average Bonchev–Trinajstić information content (AvgIpc) is 2.23. The number of carbonyl (C=O) groups excluding carboxylic acids is 1. The zero-order valence-corrected chi connectivity index (χ0v) is 11.1. The third-order valence-electron chi connectivity index (χ3n) is 2.04. The number of H-pyrrole nitrogens is 1. The first-order valence-corrected chi connectivity index (χ1v) is 6.10. The maximum atomic E-state index is 11.5. The number of aromatic nitrogens is 1. The van der Waals surface area contributed by atoms with Crippen LogP contribution in [0.25, 0.3) is 0 Å². The number of nitrogens with one attached hydrogen (secondary N) is 2. The molecule has 1 aromatic heterocycles. The fraction of sp³-hybridized carbons (Fsp3) is 0.400. The van der Waals surface area contributed by atoms with Gasteiger partial charge in [-0.2, -0.15) is 0 Å². The van der Waals surface area contributed by atoms with Crippen molar-refractivity contribution in [1.82, 2.24) is 4.98 Å². The number of amides is 1. The molecule has 0 fully saturated rings. The summed E-state index contributed by atoms with van der Waals surface area (Å²) in [5, 5.41) is 2.66. The molecular weight excluding hydrogens is 321 g/mol. The number of hydrogen-bond acceptors (Lipinski definition) is 3. The Morgan fingerprint density at radius 2 is 2.31 bits per heavy atom. The molecule has 88 valence electrons. The highest BCUT2D eigenvalue weighted by molar-refractivity contribution is 14.1. The molecule has 1 aromatic rings. The van der Waals surface area contributed by atoms with E-state index in [0.717, 1.165) is 16.4 Å².